The van der Waals surface area contributed by atoms with Gasteiger partial charge in [-0.15, -0.1) is 0 Å². The first kappa shape index (κ1) is 15.2. The molecular formula is C13H26N2O. The summed E-state index contributed by atoms with van der Waals surface area (Å²) in [5.74, 6) is -0.358. The third-order valence-electron chi connectivity index (χ3n) is 2.95. The molecule has 3 heteroatoms. The quantitative estimate of drug-likeness (QED) is 0.459. The van der Waals surface area contributed by atoms with Crippen LogP contribution in [0.25, 0.3) is 0 Å². The Hall–Kier alpha value is -0.830. The Kier molecular flexibility index (Phi) is 8.91. The molecule has 3 nitrogen and oxygen atoms in total. The van der Waals surface area contributed by atoms with Gasteiger partial charge in [-0.1, -0.05) is 33.3 Å². The molecule has 0 aromatic rings. The maximum absolute atomic E-state index is 10.7. The summed E-state index contributed by atoms with van der Waals surface area (Å²) in [6.45, 7) is 11.5. The molecule has 0 radical (unpaired) electrons. The van der Waals surface area contributed by atoms with Crippen LogP contribution in [0.4, 0.5) is 0 Å². The molecule has 0 heterocycles. The zero-order valence-corrected chi connectivity index (χ0v) is 10.8. The van der Waals surface area contributed by atoms with Crippen LogP contribution in [-0.4, -0.2) is 30.4 Å². The van der Waals surface area contributed by atoms with Crippen molar-refractivity contribution in [2.75, 3.05) is 19.6 Å². The number of hydrogen-bond donors (Lipinski definition) is 1. The lowest BCUT2D eigenvalue weighted by Crippen LogP contribution is -2.23. The number of hydrogen-bond acceptors (Lipinski definition) is 2. The maximum atomic E-state index is 10.7. The van der Waals surface area contributed by atoms with Crippen molar-refractivity contribution in [2.45, 2.75) is 46.0 Å². The van der Waals surface area contributed by atoms with E-state index in [9.17, 15) is 4.79 Å². The molecule has 0 aliphatic rings. The molecule has 2 N–H and O–H groups in total. The number of nitrogens with two attached hydrogens (primary N) is 1. The predicted molar refractivity (Wildman–Crippen MR) is 69.2 cm³/mol. The van der Waals surface area contributed by atoms with Gasteiger partial charge < -0.3 is 10.6 Å². The molecule has 0 saturated heterocycles. The molecule has 0 aromatic heterocycles. The fourth-order valence-electron chi connectivity index (χ4n) is 1.69. The normalized spacial score (nSPS) is 10.7. The topological polar surface area (TPSA) is 46.3 Å². The largest absolute Gasteiger partial charge is 0.366 e. The van der Waals surface area contributed by atoms with Gasteiger partial charge in [-0.2, -0.15) is 0 Å². The first-order valence-corrected chi connectivity index (χ1v) is 6.31. The molecule has 0 atom stereocenters. The second kappa shape index (κ2) is 9.40. The third kappa shape index (κ3) is 7.46. The summed E-state index contributed by atoms with van der Waals surface area (Å²) in [6.07, 6.45) is 5.40. The summed E-state index contributed by atoms with van der Waals surface area (Å²) in [6, 6.07) is 0. The Morgan fingerprint density at radius 2 is 1.69 bits per heavy atom. The molecule has 0 saturated carbocycles. The Bertz CT molecular complexity index is 210. The Balaban J connectivity index is 3.34. The van der Waals surface area contributed by atoms with E-state index in [1.54, 1.807) is 0 Å². The lowest BCUT2D eigenvalue weighted by Gasteiger charge is -2.17. The van der Waals surface area contributed by atoms with E-state index in [-0.39, 0.29) is 5.91 Å². The molecule has 0 spiro atoms. The number of carbonyl (C=O) groups excluding carboxylic acids is 1. The van der Waals surface area contributed by atoms with E-state index < -0.39 is 0 Å². The molecule has 1 amide bonds. The van der Waals surface area contributed by atoms with Gasteiger partial charge in [0.2, 0.25) is 5.91 Å². The van der Waals surface area contributed by atoms with Crippen molar-refractivity contribution in [3.63, 3.8) is 0 Å². The molecule has 0 fully saturated rings. The van der Waals surface area contributed by atoms with E-state index in [2.05, 4.69) is 25.3 Å². The smallest absolute Gasteiger partial charge is 0.244 e. The minimum absolute atomic E-state index is 0.358. The fourth-order valence-corrected chi connectivity index (χ4v) is 1.69. The second-order valence-corrected chi connectivity index (χ2v) is 4.16. The SMILES string of the molecule is C=C(CCCCCCN(CC)CC)C(N)=O. The third-order valence-corrected chi connectivity index (χ3v) is 2.95. The summed E-state index contributed by atoms with van der Waals surface area (Å²) >= 11 is 0. The summed E-state index contributed by atoms with van der Waals surface area (Å²) < 4.78 is 0. The van der Waals surface area contributed by atoms with E-state index >= 15 is 0 Å². The van der Waals surface area contributed by atoms with Crippen molar-refractivity contribution < 1.29 is 4.79 Å². The zero-order valence-electron chi connectivity index (χ0n) is 10.8. The average Bonchev–Trinajstić information content (AvgIpc) is 2.27. The minimum Gasteiger partial charge on any atom is -0.366 e. The van der Waals surface area contributed by atoms with Crippen LogP contribution >= 0.6 is 0 Å². The average molecular weight is 226 g/mol. The monoisotopic (exact) mass is 226 g/mol. The molecule has 0 aliphatic heterocycles. The van der Waals surface area contributed by atoms with Crippen LogP contribution in [-0.2, 0) is 4.79 Å². The zero-order chi connectivity index (χ0) is 12.4. The van der Waals surface area contributed by atoms with Crippen LogP contribution in [0.15, 0.2) is 12.2 Å². The summed E-state index contributed by atoms with van der Waals surface area (Å²) in [5, 5.41) is 0. The van der Waals surface area contributed by atoms with E-state index in [0.717, 1.165) is 32.4 Å². The first-order valence-electron chi connectivity index (χ1n) is 6.31. The summed E-state index contributed by atoms with van der Waals surface area (Å²) in [5.41, 5.74) is 5.67. The lowest BCUT2D eigenvalue weighted by molar-refractivity contribution is -0.114. The Morgan fingerprint density at radius 1 is 1.12 bits per heavy atom. The van der Waals surface area contributed by atoms with E-state index in [4.69, 9.17) is 5.73 Å². The van der Waals surface area contributed by atoms with E-state index in [0.29, 0.717) is 5.57 Å². The predicted octanol–water partition coefficient (Wildman–Crippen LogP) is 2.32. The highest BCUT2D eigenvalue weighted by Crippen LogP contribution is 2.08. The van der Waals surface area contributed by atoms with Crippen molar-refractivity contribution >= 4 is 5.91 Å². The maximum Gasteiger partial charge on any atom is 0.244 e. The highest BCUT2D eigenvalue weighted by Gasteiger charge is 2.01. The number of primary amides is 1. The Labute approximate surface area is 99.7 Å². The van der Waals surface area contributed by atoms with Gasteiger partial charge in [0.25, 0.3) is 0 Å². The molecule has 0 rings (SSSR count). The molecule has 0 unspecified atom stereocenters. The number of rotatable bonds is 10. The van der Waals surface area contributed by atoms with Gasteiger partial charge in [0, 0.05) is 5.57 Å². The highest BCUT2D eigenvalue weighted by molar-refractivity contribution is 5.91. The van der Waals surface area contributed by atoms with Crippen LogP contribution in [0.2, 0.25) is 0 Å². The van der Waals surface area contributed by atoms with Crippen molar-refractivity contribution in [2.24, 2.45) is 5.73 Å². The number of amides is 1. The van der Waals surface area contributed by atoms with Crippen molar-refractivity contribution in [3.05, 3.63) is 12.2 Å². The van der Waals surface area contributed by atoms with Gasteiger partial charge in [-0.05, 0) is 38.9 Å². The second-order valence-electron chi connectivity index (χ2n) is 4.16. The fraction of sp³-hybridized carbons (Fsp3) is 0.769. The molecular weight excluding hydrogens is 200 g/mol. The van der Waals surface area contributed by atoms with Crippen molar-refractivity contribution in [1.29, 1.82) is 0 Å². The molecule has 0 aliphatic carbocycles. The van der Waals surface area contributed by atoms with Crippen molar-refractivity contribution in [1.82, 2.24) is 4.90 Å². The summed E-state index contributed by atoms with van der Waals surface area (Å²) in [4.78, 5) is 13.1. The van der Waals surface area contributed by atoms with Crippen molar-refractivity contribution in [3.8, 4) is 0 Å². The first-order chi connectivity index (χ1) is 7.61. The van der Waals surface area contributed by atoms with Crippen LogP contribution < -0.4 is 5.73 Å². The van der Waals surface area contributed by atoms with Gasteiger partial charge in [0.15, 0.2) is 0 Å². The van der Waals surface area contributed by atoms with Crippen LogP contribution in [0, 0.1) is 0 Å². The van der Waals surface area contributed by atoms with Gasteiger partial charge in [0.1, 0.15) is 0 Å². The number of unbranched alkanes of at least 4 members (excludes halogenated alkanes) is 3. The molecule has 0 bridgehead atoms. The van der Waals surface area contributed by atoms with Gasteiger partial charge in [-0.3, -0.25) is 4.79 Å². The molecule has 0 aromatic carbocycles. The van der Waals surface area contributed by atoms with Crippen LogP contribution in [0.5, 0.6) is 0 Å². The van der Waals surface area contributed by atoms with Gasteiger partial charge in [-0.25, -0.2) is 0 Å². The number of carbonyl (C=O) groups is 1. The Morgan fingerprint density at radius 3 is 2.19 bits per heavy atom. The van der Waals surface area contributed by atoms with Gasteiger partial charge in [0.05, 0.1) is 0 Å². The standard InChI is InChI=1S/C13H26N2O/c1-4-15(5-2)11-9-7-6-8-10-12(3)13(14)16/h3-11H2,1-2H3,(H2,14,16). The van der Waals surface area contributed by atoms with Gasteiger partial charge >= 0.3 is 0 Å². The van der Waals surface area contributed by atoms with E-state index in [1.807, 2.05) is 0 Å². The summed E-state index contributed by atoms with van der Waals surface area (Å²) in [7, 11) is 0. The lowest BCUT2D eigenvalue weighted by atomic mass is 10.1. The van der Waals surface area contributed by atoms with Crippen LogP contribution in [0.3, 0.4) is 0 Å². The highest BCUT2D eigenvalue weighted by atomic mass is 16.1. The minimum atomic E-state index is -0.358. The van der Waals surface area contributed by atoms with E-state index in [1.165, 1.54) is 19.4 Å². The molecule has 16 heavy (non-hydrogen) atoms. The number of nitrogens with zero attached hydrogens (tertiary/aromatic N) is 1. The van der Waals surface area contributed by atoms with Crippen LogP contribution in [0.1, 0.15) is 46.0 Å². The molecule has 94 valence electrons.